The predicted molar refractivity (Wildman–Crippen MR) is 65.4 cm³/mol. The molecule has 0 spiro atoms. The van der Waals surface area contributed by atoms with Crippen molar-refractivity contribution >= 4 is 5.91 Å². The maximum atomic E-state index is 11.6. The van der Waals surface area contributed by atoms with Gasteiger partial charge in [-0.1, -0.05) is 19.8 Å². The summed E-state index contributed by atoms with van der Waals surface area (Å²) in [6, 6.07) is -0.635. The average molecular weight is 244 g/mol. The Morgan fingerprint density at radius 3 is 2.94 bits per heavy atom. The molecule has 1 fully saturated rings. The van der Waals surface area contributed by atoms with Crippen molar-refractivity contribution in [3.63, 3.8) is 0 Å². The molecular formula is C12H24N2O3. The van der Waals surface area contributed by atoms with E-state index in [1.807, 2.05) is 6.92 Å². The summed E-state index contributed by atoms with van der Waals surface area (Å²) in [5.74, 6) is -0.217. The van der Waals surface area contributed by atoms with Gasteiger partial charge in [-0.3, -0.25) is 4.79 Å². The Bertz CT molecular complexity index is 260. The Balaban J connectivity index is 2.40. The summed E-state index contributed by atoms with van der Waals surface area (Å²) in [6.07, 6.45) is 3.58. The van der Waals surface area contributed by atoms with Gasteiger partial charge in [0.05, 0.1) is 12.7 Å². The zero-order valence-corrected chi connectivity index (χ0v) is 10.7. The molecule has 17 heavy (non-hydrogen) atoms. The highest BCUT2D eigenvalue weighted by Gasteiger charge is 2.35. The number of aliphatic hydroxyl groups is 1. The van der Waals surface area contributed by atoms with Crippen molar-refractivity contribution in [2.45, 2.75) is 44.8 Å². The third kappa shape index (κ3) is 3.94. The molecule has 0 aromatic heterocycles. The Kier molecular flexibility index (Phi) is 5.36. The van der Waals surface area contributed by atoms with E-state index in [9.17, 15) is 9.90 Å². The first-order chi connectivity index (χ1) is 7.99. The van der Waals surface area contributed by atoms with Gasteiger partial charge in [0.25, 0.3) is 0 Å². The number of methoxy groups -OCH3 is 1. The smallest absolute Gasteiger partial charge is 0.239 e. The van der Waals surface area contributed by atoms with Gasteiger partial charge in [-0.15, -0.1) is 0 Å². The first-order valence-corrected chi connectivity index (χ1v) is 6.20. The Morgan fingerprint density at radius 1 is 1.65 bits per heavy atom. The van der Waals surface area contributed by atoms with Gasteiger partial charge in [-0.05, 0) is 12.8 Å². The number of aliphatic hydroxyl groups excluding tert-OH is 1. The highest BCUT2D eigenvalue weighted by molar-refractivity contribution is 5.81. The largest absolute Gasteiger partial charge is 0.392 e. The number of ether oxygens (including phenoxy) is 1. The summed E-state index contributed by atoms with van der Waals surface area (Å²) in [4.78, 5) is 11.6. The van der Waals surface area contributed by atoms with E-state index in [1.165, 1.54) is 7.11 Å². The molecule has 0 aliphatic heterocycles. The van der Waals surface area contributed by atoms with Crippen LogP contribution in [0.4, 0.5) is 0 Å². The molecule has 0 radical (unpaired) electrons. The van der Waals surface area contributed by atoms with E-state index in [0.717, 1.165) is 25.7 Å². The lowest BCUT2D eigenvalue weighted by atomic mass is 9.73. The predicted octanol–water partition coefficient (Wildman–Crippen LogP) is 0.0175. The summed E-state index contributed by atoms with van der Waals surface area (Å²) in [5, 5.41) is 12.8. The first-order valence-electron chi connectivity index (χ1n) is 6.20. The van der Waals surface area contributed by atoms with Crippen molar-refractivity contribution in [2.24, 2.45) is 11.1 Å². The Hall–Kier alpha value is -0.650. The highest BCUT2D eigenvalue weighted by atomic mass is 16.5. The second-order valence-electron chi connectivity index (χ2n) is 5.20. The standard InChI is InChI=1S/C12H24N2O3/c1-12(6-4-3-5-10(12)15)8-14-11(16)9(13)7-17-2/h9-10,15H,3-8,13H2,1-2H3,(H,14,16). The number of carbonyl (C=O) groups is 1. The van der Waals surface area contributed by atoms with Gasteiger partial charge in [0.15, 0.2) is 0 Å². The molecule has 3 atom stereocenters. The van der Waals surface area contributed by atoms with E-state index < -0.39 is 6.04 Å². The number of hydrogen-bond acceptors (Lipinski definition) is 4. The van der Waals surface area contributed by atoms with E-state index in [1.54, 1.807) is 0 Å². The molecule has 1 amide bonds. The van der Waals surface area contributed by atoms with Crippen LogP contribution in [0.15, 0.2) is 0 Å². The molecule has 4 N–H and O–H groups in total. The van der Waals surface area contributed by atoms with Crippen molar-refractivity contribution in [3.8, 4) is 0 Å². The van der Waals surface area contributed by atoms with Crippen molar-refractivity contribution in [3.05, 3.63) is 0 Å². The van der Waals surface area contributed by atoms with E-state index in [0.29, 0.717) is 6.54 Å². The second-order valence-corrected chi connectivity index (χ2v) is 5.20. The first kappa shape index (κ1) is 14.4. The van der Waals surface area contributed by atoms with Crippen LogP contribution in [0.5, 0.6) is 0 Å². The number of amides is 1. The van der Waals surface area contributed by atoms with E-state index in [2.05, 4.69) is 5.32 Å². The number of hydrogen-bond donors (Lipinski definition) is 3. The van der Waals surface area contributed by atoms with Crippen molar-refractivity contribution < 1.29 is 14.6 Å². The van der Waals surface area contributed by atoms with Crippen LogP contribution in [0, 0.1) is 5.41 Å². The second kappa shape index (κ2) is 6.33. The van der Waals surface area contributed by atoms with Gasteiger partial charge >= 0.3 is 0 Å². The topological polar surface area (TPSA) is 84.6 Å². The summed E-state index contributed by atoms with van der Waals surface area (Å²) in [5.41, 5.74) is 5.40. The fourth-order valence-electron chi connectivity index (χ4n) is 2.26. The molecule has 0 heterocycles. The summed E-state index contributed by atoms with van der Waals surface area (Å²) in [6.45, 7) is 2.70. The van der Waals surface area contributed by atoms with Crippen LogP contribution in [-0.4, -0.2) is 43.4 Å². The number of rotatable bonds is 5. The summed E-state index contributed by atoms with van der Waals surface area (Å²) >= 11 is 0. The number of nitrogens with two attached hydrogens (primary N) is 1. The van der Waals surface area contributed by atoms with Crippen molar-refractivity contribution in [2.75, 3.05) is 20.3 Å². The van der Waals surface area contributed by atoms with Crippen LogP contribution >= 0.6 is 0 Å². The van der Waals surface area contributed by atoms with Gasteiger partial charge in [0.2, 0.25) is 5.91 Å². The van der Waals surface area contributed by atoms with Gasteiger partial charge in [-0.2, -0.15) is 0 Å². The summed E-state index contributed by atoms with van der Waals surface area (Å²) in [7, 11) is 1.51. The average Bonchev–Trinajstić information content (AvgIpc) is 2.30. The normalized spacial score (nSPS) is 30.9. The third-order valence-electron chi connectivity index (χ3n) is 3.63. The van der Waals surface area contributed by atoms with Crippen LogP contribution in [0.25, 0.3) is 0 Å². The quantitative estimate of drug-likeness (QED) is 0.636. The van der Waals surface area contributed by atoms with E-state index >= 15 is 0 Å². The lowest BCUT2D eigenvalue weighted by Crippen LogP contribution is -2.50. The minimum atomic E-state index is -0.635. The fourth-order valence-corrected chi connectivity index (χ4v) is 2.26. The molecule has 1 saturated carbocycles. The van der Waals surface area contributed by atoms with Crippen LogP contribution in [0.2, 0.25) is 0 Å². The van der Waals surface area contributed by atoms with Gasteiger partial charge in [0, 0.05) is 19.1 Å². The summed E-state index contributed by atoms with van der Waals surface area (Å²) < 4.78 is 4.83. The van der Waals surface area contributed by atoms with Crippen LogP contribution < -0.4 is 11.1 Å². The number of carbonyl (C=O) groups excluding carboxylic acids is 1. The minimum absolute atomic E-state index is 0.213. The zero-order valence-electron chi connectivity index (χ0n) is 10.7. The highest BCUT2D eigenvalue weighted by Crippen LogP contribution is 2.35. The Morgan fingerprint density at radius 2 is 2.35 bits per heavy atom. The lowest BCUT2D eigenvalue weighted by Gasteiger charge is -2.38. The SMILES string of the molecule is COCC(N)C(=O)NCC1(C)CCCCC1O. The van der Waals surface area contributed by atoms with Gasteiger partial charge in [0.1, 0.15) is 6.04 Å². The molecule has 0 bridgehead atoms. The van der Waals surface area contributed by atoms with Gasteiger partial charge < -0.3 is 20.9 Å². The molecule has 1 aliphatic carbocycles. The van der Waals surface area contributed by atoms with Crippen LogP contribution in [-0.2, 0) is 9.53 Å². The Labute approximate surface area is 103 Å². The van der Waals surface area contributed by atoms with Crippen LogP contribution in [0.3, 0.4) is 0 Å². The third-order valence-corrected chi connectivity index (χ3v) is 3.63. The maximum absolute atomic E-state index is 11.6. The van der Waals surface area contributed by atoms with Crippen molar-refractivity contribution in [1.29, 1.82) is 0 Å². The zero-order chi connectivity index (χ0) is 12.9. The molecule has 1 aliphatic rings. The number of nitrogens with one attached hydrogen (secondary N) is 1. The van der Waals surface area contributed by atoms with E-state index in [-0.39, 0.29) is 24.0 Å². The fraction of sp³-hybridized carbons (Fsp3) is 0.917. The lowest BCUT2D eigenvalue weighted by molar-refractivity contribution is -0.124. The molecule has 3 unspecified atom stereocenters. The molecule has 100 valence electrons. The maximum Gasteiger partial charge on any atom is 0.239 e. The molecule has 1 rings (SSSR count). The van der Waals surface area contributed by atoms with Gasteiger partial charge in [-0.25, -0.2) is 0 Å². The molecule has 0 aromatic rings. The minimum Gasteiger partial charge on any atom is -0.392 e. The molecule has 0 saturated heterocycles. The van der Waals surface area contributed by atoms with Crippen LogP contribution in [0.1, 0.15) is 32.6 Å². The molecular weight excluding hydrogens is 220 g/mol. The monoisotopic (exact) mass is 244 g/mol. The molecule has 5 heteroatoms. The van der Waals surface area contributed by atoms with Crippen molar-refractivity contribution in [1.82, 2.24) is 5.32 Å². The molecule has 5 nitrogen and oxygen atoms in total. The van der Waals surface area contributed by atoms with E-state index in [4.69, 9.17) is 10.5 Å². The molecule has 0 aromatic carbocycles.